The predicted molar refractivity (Wildman–Crippen MR) is 148 cm³/mol. The van der Waals surface area contributed by atoms with E-state index in [1.807, 2.05) is 53.2 Å². The number of piperidine rings is 1. The molecule has 2 saturated heterocycles. The molecule has 0 spiro atoms. The number of thiocarbonyl (C=S) groups is 1. The molecule has 5 rings (SSSR count). The first-order valence-corrected chi connectivity index (χ1v) is 14.6. The van der Waals surface area contributed by atoms with Gasteiger partial charge in [0.15, 0.2) is 0 Å². The van der Waals surface area contributed by atoms with Crippen LogP contribution in [0, 0.1) is 5.92 Å². The van der Waals surface area contributed by atoms with Gasteiger partial charge < -0.3 is 15.6 Å². The number of aromatic nitrogens is 1. The number of sulfonamides is 1. The molecule has 0 bridgehead atoms. The number of rotatable bonds is 8. The highest BCUT2D eigenvalue weighted by Gasteiger charge is 2.50. The van der Waals surface area contributed by atoms with Crippen LogP contribution in [0.25, 0.3) is 22.0 Å². The lowest BCUT2D eigenvalue weighted by molar-refractivity contribution is -0.124. The second kappa shape index (κ2) is 10.6. The van der Waals surface area contributed by atoms with E-state index in [4.69, 9.17) is 18.0 Å². The molecule has 2 aliphatic rings. The van der Waals surface area contributed by atoms with Crippen molar-refractivity contribution in [1.82, 2.24) is 14.2 Å². The van der Waals surface area contributed by atoms with Crippen LogP contribution in [0.15, 0.2) is 48.7 Å². The average molecular weight is 579 g/mol. The van der Waals surface area contributed by atoms with Crippen molar-refractivity contribution in [3.8, 4) is 11.1 Å². The maximum absolute atomic E-state index is 13.1. The molecule has 0 radical (unpaired) electrons. The van der Waals surface area contributed by atoms with Crippen LogP contribution in [0.1, 0.15) is 36.4 Å². The Balaban J connectivity index is 1.48. The van der Waals surface area contributed by atoms with Crippen molar-refractivity contribution < 1.29 is 26.4 Å². The lowest BCUT2D eigenvalue weighted by Gasteiger charge is -2.32. The van der Waals surface area contributed by atoms with Crippen LogP contribution in [0.3, 0.4) is 0 Å². The fourth-order valence-corrected chi connectivity index (χ4v) is 6.43. The summed E-state index contributed by atoms with van der Waals surface area (Å²) >= 11 is 5.15. The van der Waals surface area contributed by atoms with E-state index in [1.165, 1.54) is 0 Å². The molecule has 0 amide bonds. The molecule has 0 aliphatic carbocycles. The lowest BCUT2D eigenvalue weighted by atomic mass is 9.93. The van der Waals surface area contributed by atoms with Crippen molar-refractivity contribution in [1.29, 1.82) is 0 Å². The molecule has 12 heteroatoms. The number of nitrogens with two attached hydrogens (primary N) is 1. The number of nitrogens with one attached hydrogen (secondary N) is 1. The highest BCUT2D eigenvalue weighted by atomic mass is 32.2. The number of alkyl halides is 3. The number of hydrogen-bond acceptors (Lipinski definition) is 5. The molecule has 2 aliphatic heterocycles. The summed E-state index contributed by atoms with van der Waals surface area (Å²) in [5, 5.41) is 4.06. The number of halogens is 3. The molecule has 3 N–H and O–H groups in total. The molecule has 3 aromatic rings. The van der Waals surface area contributed by atoms with Crippen molar-refractivity contribution in [2.24, 2.45) is 11.7 Å². The van der Waals surface area contributed by atoms with E-state index in [2.05, 4.69) is 5.32 Å². The van der Waals surface area contributed by atoms with E-state index in [1.54, 1.807) is 0 Å². The van der Waals surface area contributed by atoms with Crippen LogP contribution in [0.4, 0.5) is 13.2 Å². The molecule has 3 heterocycles. The highest BCUT2D eigenvalue weighted by molar-refractivity contribution is 7.90. The van der Waals surface area contributed by atoms with Crippen molar-refractivity contribution in [3.05, 3.63) is 59.8 Å². The van der Waals surface area contributed by atoms with Crippen LogP contribution < -0.4 is 11.1 Å². The average Bonchev–Trinajstić information content (AvgIpc) is 3.25. The van der Waals surface area contributed by atoms with Crippen molar-refractivity contribution in [3.63, 3.8) is 0 Å². The van der Waals surface area contributed by atoms with Crippen molar-refractivity contribution in [2.45, 2.75) is 37.2 Å². The van der Waals surface area contributed by atoms with Gasteiger partial charge in [-0.05, 0) is 42.5 Å². The molecule has 7 nitrogen and oxygen atoms in total. The van der Waals surface area contributed by atoms with Crippen LogP contribution in [-0.4, -0.2) is 59.7 Å². The van der Waals surface area contributed by atoms with Gasteiger partial charge in [-0.25, -0.2) is 8.42 Å². The van der Waals surface area contributed by atoms with Gasteiger partial charge in [0.05, 0.1) is 0 Å². The van der Waals surface area contributed by atoms with E-state index in [9.17, 15) is 26.4 Å². The Labute approximate surface area is 230 Å². The van der Waals surface area contributed by atoms with Crippen LogP contribution in [-0.2, 0) is 21.2 Å². The van der Waals surface area contributed by atoms with Gasteiger partial charge in [0.1, 0.15) is 10.8 Å². The second-order valence-electron chi connectivity index (χ2n) is 10.1. The quantitative estimate of drug-likeness (QED) is 0.390. The maximum atomic E-state index is 13.1. The van der Waals surface area contributed by atoms with Crippen LogP contribution in [0.5, 0.6) is 0 Å². The zero-order valence-corrected chi connectivity index (χ0v) is 22.7. The monoisotopic (exact) mass is 578 g/mol. The Morgan fingerprint density at radius 2 is 1.82 bits per heavy atom. The first kappa shape index (κ1) is 27.8. The summed E-state index contributed by atoms with van der Waals surface area (Å²) in [6, 6.07) is 13.4. The summed E-state index contributed by atoms with van der Waals surface area (Å²) in [6.45, 7) is 1.00. The number of Topliss-reactive ketones (excluding diaryl/α,β-unsaturated/α-hetero) is 1. The summed E-state index contributed by atoms with van der Waals surface area (Å²) in [6.07, 6.45) is 3.47. The topological polar surface area (TPSA) is 97.4 Å². The number of fused-ring (bicyclic) bond motifs is 1. The Morgan fingerprint density at radius 3 is 2.44 bits per heavy atom. The molecule has 208 valence electrons. The molecular formula is C27H29F3N4O3S2. The SMILES string of the molecule is NC(=S)c1cccc(-c2cn(C3CCN(S(=O)(=O)C(F)(F)F)CC3)c3cc(CCC(=O)C4CNC4)ccc23)c1. The molecule has 0 atom stereocenters. The Hall–Kier alpha value is -2.80. The minimum absolute atomic E-state index is 0.0725. The Kier molecular flexibility index (Phi) is 7.57. The number of ketones is 1. The largest absolute Gasteiger partial charge is 0.511 e. The summed E-state index contributed by atoms with van der Waals surface area (Å²) in [4.78, 5) is 12.7. The van der Waals surface area contributed by atoms with E-state index in [-0.39, 0.29) is 48.7 Å². The highest BCUT2D eigenvalue weighted by Crippen LogP contribution is 2.38. The second-order valence-corrected chi connectivity index (χ2v) is 12.5. The first-order valence-electron chi connectivity index (χ1n) is 12.8. The zero-order valence-electron chi connectivity index (χ0n) is 21.1. The summed E-state index contributed by atoms with van der Waals surface area (Å²) in [7, 11) is -5.36. The molecular weight excluding hydrogens is 549 g/mol. The van der Waals surface area contributed by atoms with Crippen molar-refractivity contribution >= 4 is 43.9 Å². The third kappa shape index (κ3) is 5.47. The zero-order chi connectivity index (χ0) is 27.9. The van der Waals surface area contributed by atoms with E-state index in [0.29, 0.717) is 17.1 Å². The number of hydrogen-bond donors (Lipinski definition) is 2. The van der Waals surface area contributed by atoms with Crippen LogP contribution >= 0.6 is 12.2 Å². The molecule has 0 unspecified atom stereocenters. The molecule has 1 aromatic heterocycles. The minimum Gasteiger partial charge on any atom is -0.389 e. The van der Waals surface area contributed by atoms with Gasteiger partial charge in [-0.3, -0.25) is 4.79 Å². The van der Waals surface area contributed by atoms with Crippen molar-refractivity contribution in [2.75, 3.05) is 26.2 Å². The van der Waals surface area contributed by atoms with Gasteiger partial charge in [0.25, 0.3) is 0 Å². The van der Waals surface area contributed by atoms with Gasteiger partial charge in [-0.2, -0.15) is 17.5 Å². The Bertz CT molecular complexity index is 1520. The van der Waals surface area contributed by atoms with E-state index in [0.717, 1.165) is 46.2 Å². The third-order valence-electron chi connectivity index (χ3n) is 7.70. The maximum Gasteiger partial charge on any atom is 0.511 e. The van der Waals surface area contributed by atoms with Gasteiger partial charge >= 0.3 is 15.5 Å². The summed E-state index contributed by atoms with van der Waals surface area (Å²) in [5.41, 5.74) is 4.93. The van der Waals surface area contributed by atoms with Crippen LogP contribution in [0.2, 0.25) is 0 Å². The Morgan fingerprint density at radius 1 is 1.10 bits per heavy atom. The number of aryl methyl sites for hydroxylation is 1. The standard InChI is InChI=1S/C27H29F3N4O3S2/c28-27(29,30)39(36,37)33-10-8-21(9-11-33)34-16-23(18-2-1-3-19(13-18)26(31)38)22-6-4-17(12-24(22)34)5-7-25(35)20-14-32-15-20/h1-4,6,12-13,16,20-21,32H,5,7-11,14-15H2,(H2,31,38). The number of carbonyl (C=O) groups is 1. The van der Waals surface area contributed by atoms with E-state index >= 15 is 0 Å². The molecule has 39 heavy (non-hydrogen) atoms. The molecule has 2 fully saturated rings. The van der Waals surface area contributed by atoms with Gasteiger partial charge in [0, 0.05) is 72.8 Å². The molecule has 2 aromatic carbocycles. The predicted octanol–water partition coefficient (Wildman–Crippen LogP) is 4.15. The van der Waals surface area contributed by atoms with Gasteiger partial charge in [0.2, 0.25) is 0 Å². The third-order valence-corrected chi connectivity index (χ3v) is 9.57. The summed E-state index contributed by atoms with van der Waals surface area (Å²) < 4.78 is 65.7. The fraction of sp³-hybridized carbons (Fsp3) is 0.407. The number of benzene rings is 2. The minimum atomic E-state index is -5.36. The number of nitrogens with zero attached hydrogens (tertiary/aromatic N) is 2. The van der Waals surface area contributed by atoms with E-state index < -0.39 is 15.5 Å². The fourth-order valence-electron chi connectivity index (χ4n) is 5.32. The molecule has 0 saturated carbocycles. The smallest absolute Gasteiger partial charge is 0.389 e. The number of carbonyl (C=O) groups excluding carboxylic acids is 1. The van der Waals surface area contributed by atoms with Gasteiger partial charge in [-0.1, -0.05) is 42.5 Å². The normalized spacial score (nSPS) is 17.8. The summed E-state index contributed by atoms with van der Waals surface area (Å²) in [5.74, 6) is 0.306. The van der Waals surface area contributed by atoms with Gasteiger partial charge in [-0.15, -0.1) is 0 Å². The first-order chi connectivity index (χ1) is 18.5. The lowest BCUT2D eigenvalue weighted by Crippen LogP contribution is -2.46.